The van der Waals surface area contributed by atoms with Crippen molar-refractivity contribution in [1.29, 1.82) is 0 Å². The minimum absolute atomic E-state index is 0.0463. The third kappa shape index (κ3) is 4.11. The Bertz CT molecular complexity index is 645. The minimum Gasteiger partial charge on any atom is -0.448 e. The van der Waals surface area contributed by atoms with Crippen LogP contribution in [0.4, 0.5) is 10.1 Å². The van der Waals surface area contributed by atoms with Gasteiger partial charge in [0.15, 0.2) is 6.10 Å². The van der Waals surface area contributed by atoms with Gasteiger partial charge in [-0.3, -0.25) is 9.59 Å². The summed E-state index contributed by atoms with van der Waals surface area (Å²) in [6.45, 7) is 1.38. The van der Waals surface area contributed by atoms with E-state index >= 15 is 0 Å². The normalized spacial score (nSPS) is 15.4. The van der Waals surface area contributed by atoms with Crippen LogP contribution < -0.4 is 10.7 Å². The van der Waals surface area contributed by atoms with Gasteiger partial charge in [-0.2, -0.15) is 5.10 Å². The Balaban J connectivity index is 1.91. The lowest BCUT2D eigenvalue weighted by Gasteiger charge is -2.15. The van der Waals surface area contributed by atoms with Crippen molar-refractivity contribution in [2.24, 2.45) is 5.10 Å². The van der Waals surface area contributed by atoms with Crippen molar-refractivity contribution in [2.75, 3.05) is 5.32 Å². The van der Waals surface area contributed by atoms with E-state index in [9.17, 15) is 18.8 Å². The molecule has 0 fully saturated rings. The Kier molecular flexibility index (Phi) is 4.82. The maximum absolute atomic E-state index is 13.0. The summed E-state index contributed by atoms with van der Waals surface area (Å²) < 4.78 is 18.0. The number of hydrogen-bond donors (Lipinski definition) is 2. The summed E-state index contributed by atoms with van der Waals surface area (Å²) in [5.74, 6) is -2.15. The SMILES string of the molecule is C[C@@H](OC(=O)C1=NNC(=O)CC1)C(=O)Nc1cccc(F)c1. The zero-order valence-electron chi connectivity index (χ0n) is 11.8. The maximum atomic E-state index is 13.0. The predicted molar refractivity (Wildman–Crippen MR) is 75.4 cm³/mol. The summed E-state index contributed by atoms with van der Waals surface area (Å²) in [6.07, 6.45) is -0.795. The fourth-order valence-corrected chi connectivity index (χ4v) is 1.71. The molecule has 2 rings (SSSR count). The Hall–Kier alpha value is -2.77. The van der Waals surface area contributed by atoms with Crippen molar-refractivity contribution in [3.8, 4) is 0 Å². The summed E-state index contributed by atoms with van der Waals surface area (Å²) in [4.78, 5) is 34.6. The van der Waals surface area contributed by atoms with Gasteiger partial charge in [0.25, 0.3) is 5.91 Å². The van der Waals surface area contributed by atoms with Gasteiger partial charge in [-0.05, 0) is 25.1 Å². The van der Waals surface area contributed by atoms with Gasteiger partial charge in [0.05, 0.1) is 0 Å². The summed E-state index contributed by atoms with van der Waals surface area (Å²) in [5.41, 5.74) is 2.47. The molecule has 1 aliphatic rings. The van der Waals surface area contributed by atoms with E-state index in [1.807, 2.05) is 0 Å². The lowest BCUT2D eigenvalue weighted by atomic mass is 10.2. The predicted octanol–water partition coefficient (Wildman–Crippen LogP) is 0.962. The number of esters is 1. The number of benzene rings is 1. The highest BCUT2D eigenvalue weighted by molar-refractivity contribution is 6.37. The molecule has 0 bridgehead atoms. The quantitative estimate of drug-likeness (QED) is 0.810. The van der Waals surface area contributed by atoms with Gasteiger partial charge in [0.1, 0.15) is 11.5 Å². The Labute approximate surface area is 125 Å². The zero-order valence-corrected chi connectivity index (χ0v) is 11.8. The van der Waals surface area contributed by atoms with Gasteiger partial charge < -0.3 is 10.1 Å². The number of hydrazone groups is 1. The topological polar surface area (TPSA) is 96.9 Å². The molecule has 0 radical (unpaired) electrons. The van der Waals surface area contributed by atoms with Gasteiger partial charge in [-0.1, -0.05) is 6.07 Å². The van der Waals surface area contributed by atoms with Gasteiger partial charge in [-0.25, -0.2) is 14.6 Å². The largest absolute Gasteiger partial charge is 0.448 e. The Morgan fingerprint density at radius 3 is 2.82 bits per heavy atom. The van der Waals surface area contributed by atoms with Gasteiger partial charge in [0, 0.05) is 18.5 Å². The monoisotopic (exact) mass is 307 g/mol. The molecule has 0 spiro atoms. The number of hydrogen-bond acceptors (Lipinski definition) is 5. The van der Waals surface area contributed by atoms with Crippen molar-refractivity contribution in [1.82, 2.24) is 5.43 Å². The van der Waals surface area contributed by atoms with E-state index in [0.29, 0.717) is 0 Å². The number of rotatable bonds is 4. The van der Waals surface area contributed by atoms with E-state index in [1.54, 1.807) is 0 Å². The number of carbonyl (C=O) groups excluding carboxylic acids is 3. The second kappa shape index (κ2) is 6.79. The number of anilines is 1. The lowest BCUT2D eigenvalue weighted by Crippen LogP contribution is -2.35. The molecule has 7 nitrogen and oxygen atoms in total. The average molecular weight is 307 g/mol. The van der Waals surface area contributed by atoms with Crippen LogP contribution in [0.2, 0.25) is 0 Å². The number of nitrogens with one attached hydrogen (secondary N) is 2. The standard InChI is InChI=1S/C14H14FN3O4/c1-8(13(20)16-10-4-2-3-9(15)7-10)22-14(21)11-5-6-12(19)18-17-11/h2-4,7-8H,5-6H2,1H3,(H,16,20)(H,18,19)/t8-/m1/s1. The van der Waals surface area contributed by atoms with E-state index in [0.717, 1.165) is 6.07 Å². The van der Waals surface area contributed by atoms with Crippen LogP contribution in [0.25, 0.3) is 0 Å². The molecule has 8 heteroatoms. The molecular weight excluding hydrogens is 293 g/mol. The molecule has 0 saturated heterocycles. The molecular formula is C14H14FN3O4. The molecule has 2 amide bonds. The molecule has 1 aliphatic heterocycles. The first-order valence-electron chi connectivity index (χ1n) is 6.58. The summed E-state index contributed by atoms with van der Waals surface area (Å²) in [7, 11) is 0. The molecule has 0 unspecified atom stereocenters. The van der Waals surface area contributed by atoms with Crippen LogP contribution in [0, 0.1) is 5.82 Å². The zero-order chi connectivity index (χ0) is 16.1. The first-order chi connectivity index (χ1) is 10.5. The van der Waals surface area contributed by atoms with Crippen LogP contribution in [0.3, 0.4) is 0 Å². The first kappa shape index (κ1) is 15.6. The molecule has 0 aromatic heterocycles. The van der Waals surface area contributed by atoms with Gasteiger partial charge in [-0.15, -0.1) is 0 Å². The van der Waals surface area contributed by atoms with Crippen molar-refractivity contribution >= 4 is 29.2 Å². The van der Waals surface area contributed by atoms with Crippen molar-refractivity contribution in [3.63, 3.8) is 0 Å². The highest BCUT2D eigenvalue weighted by atomic mass is 19.1. The van der Waals surface area contributed by atoms with Crippen LogP contribution in [0.5, 0.6) is 0 Å². The molecule has 1 atom stereocenters. The number of nitrogens with zero attached hydrogens (tertiary/aromatic N) is 1. The van der Waals surface area contributed by atoms with Crippen molar-refractivity contribution < 1.29 is 23.5 Å². The highest BCUT2D eigenvalue weighted by Gasteiger charge is 2.24. The first-order valence-corrected chi connectivity index (χ1v) is 6.58. The molecule has 1 aromatic carbocycles. The minimum atomic E-state index is -1.09. The van der Waals surface area contributed by atoms with E-state index in [2.05, 4.69) is 15.8 Å². The fourth-order valence-electron chi connectivity index (χ4n) is 1.71. The molecule has 1 aromatic rings. The van der Waals surface area contributed by atoms with Crippen LogP contribution in [0.15, 0.2) is 29.4 Å². The van der Waals surface area contributed by atoms with Crippen molar-refractivity contribution in [3.05, 3.63) is 30.1 Å². The lowest BCUT2D eigenvalue weighted by molar-refractivity contribution is -0.146. The van der Waals surface area contributed by atoms with Gasteiger partial charge in [0.2, 0.25) is 5.91 Å². The fraction of sp³-hybridized carbons (Fsp3) is 0.286. The summed E-state index contributed by atoms with van der Waals surface area (Å²) in [6, 6.07) is 5.35. The van der Waals surface area contributed by atoms with E-state index < -0.39 is 23.8 Å². The molecule has 0 aliphatic carbocycles. The average Bonchev–Trinajstić information content (AvgIpc) is 2.47. The molecule has 2 N–H and O–H groups in total. The van der Waals surface area contributed by atoms with Gasteiger partial charge >= 0.3 is 5.97 Å². The third-order valence-corrected chi connectivity index (χ3v) is 2.89. The van der Waals surface area contributed by atoms with Crippen LogP contribution >= 0.6 is 0 Å². The molecule has 0 saturated carbocycles. The summed E-state index contributed by atoms with van der Waals surface area (Å²) >= 11 is 0. The molecule has 1 heterocycles. The number of carbonyl (C=O) groups is 3. The Morgan fingerprint density at radius 1 is 1.41 bits per heavy atom. The maximum Gasteiger partial charge on any atom is 0.355 e. The van der Waals surface area contributed by atoms with E-state index in [4.69, 9.17) is 4.74 Å². The van der Waals surface area contributed by atoms with Crippen LogP contribution in [-0.4, -0.2) is 29.6 Å². The number of halogens is 1. The van der Waals surface area contributed by atoms with Crippen LogP contribution in [0.1, 0.15) is 19.8 Å². The van der Waals surface area contributed by atoms with Crippen molar-refractivity contribution in [2.45, 2.75) is 25.9 Å². The second-order valence-electron chi connectivity index (χ2n) is 4.64. The highest BCUT2D eigenvalue weighted by Crippen LogP contribution is 2.10. The second-order valence-corrected chi connectivity index (χ2v) is 4.64. The summed E-state index contributed by atoms with van der Waals surface area (Å²) in [5, 5.41) is 6.01. The molecule has 22 heavy (non-hydrogen) atoms. The van der Waals surface area contributed by atoms with E-state index in [-0.39, 0.29) is 30.1 Å². The van der Waals surface area contributed by atoms with Crippen LogP contribution in [-0.2, 0) is 19.1 Å². The smallest absolute Gasteiger partial charge is 0.355 e. The third-order valence-electron chi connectivity index (χ3n) is 2.89. The number of ether oxygens (including phenoxy) is 1. The van der Waals surface area contributed by atoms with E-state index in [1.165, 1.54) is 25.1 Å². The Morgan fingerprint density at radius 2 is 2.18 bits per heavy atom. The number of amides is 2. The molecule has 116 valence electrons.